The van der Waals surface area contributed by atoms with Crippen LogP contribution in [-0.2, 0) is 9.59 Å². The third kappa shape index (κ3) is 5.35. The molecule has 0 saturated heterocycles. The molecule has 0 heterocycles. The molecule has 1 aromatic carbocycles. The molecule has 1 atom stereocenters. The largest absolute Gasteiger partial charge is 0.480 e. The molecule has 1 aliphatic rings. The van der Waals surface area contributed by atoms with E-state index in [-0.39, 0.29) is 5.91 Å². The van der Waals surface area contributed by atoms with Gasteiger partial charge in [-0.2, -0.15) is 0 Å². The molecule has 0 bridgehead atoms. The number of amides is 1. The minimum atomic E-state index is -0.988. The van der Waals surface area contributed by atoms with Crippen LogP contribution in [-0.4, -0.2) is 23.0 Å². The lowest BCUT2D eigenvalue weighted by atomic mass is 10.0. The number of carboxylic acids is 1. The molecule has 2 N–H and O–H groups in total. The van der Waals surface area contributed by atoms with E-state index in [0.717, 1.165) is 18.4 Å². The number of rotatable bonds is 7. The Labute approximate surface area is 131 Å². The summed E-state index contributed by atoms with van der Waals surface area (Å²) in [6.07, 6.45) is 8.94. The Hall–Kier alpha value is -2.10. The number of carboxylic acid groups (broad SMARTS) is 1. The first-order valence-electron chi connectivity index (χ1n) is 7.89. The molecule has 4 nitrogen and oxygen atoms in total. The molecular formula is C18H23NO3. The highest BCUT2D eigenvalue weighted by molar-refractivity contribution is 5.83. The molecule has 1 aliphatic carbocycles. The highest BCUT2D eigenvalue weighted by atomic mass is 16.4. The number of nitrogens with one attached hydrogen (secondary N) is 1. The van der Waals surface area contributed by atoms with Gasteiger partial charge in [-0.3, -0.25) is 4.79 Å². The zero-order chi connectivity index (χ0) is 15.8. The van der Waals surface area contributed by atoms with E-state index in [2.05, 4.69) is 5.32 Å². The molecule has 1 saturated carbocycles. The smallest absolute Gasteiger partial charge is 0.326 e. The summed E-state index contributed by atoms with van der Waals surface area (Å²) in [7, 11) is 0. The lowest BCUT2D eigenvalue weighted by molar-refractivity contribution is -0.141. The number of carbonyl (C=O) groups is 2. The zero-order valence-electron chi connectivity index (χ0n) is 12.7. The first-order chi connectivity index (χ1) is 10.6. The Bertz CT molecular complexity index is 518. The molecule has 0 spiro atoms. The Kier molecular flexibility index (Phi) is 6.19. The van der Waals surface area contributed by atoms with Crippen molar-refractivity contribution in [1.29, 1.82) is 0 Å². The standard InChI is InChI=1S/C18H23NO3/c20-17(13-15-9-4-5-10-15)19-16(18(21)22)12-6-11-14-7-2-1-3-8-14/h1-3,6-8,11,15-16H,4-5,9-10,12-13H2,(H,19,20)(H,21,22)/b11-6+/t16-/m0/s1. The maximum absolute atomic E-state index is 11.9. The summed E-state index contributed by atoms with van der Waals surface area (Å²) >= 11 is 0. The van der Waals surface area contributed by atoms with Crippen LogP contribution < -0.4 is 5.32 Å². The van der Waals surface area contributed by atoms with Crippen LogP contribution in [0.15, 0.2) is 36.4 Å². The third-order valence-electron chi connectivity index (χ3n) is 4.06. The fraction of sp³-hybridized carbons (Fsp3) is 0.444. The van der Waals surface area contributed by atoms with Crippen molar-refractivity contribution in [2.45, 2.75) is 44.6 Å². The first-order valence-corrected chi connectivity index (χ1v) is 7.89. The average Bonchev–Trinajstić information content (AvgIpc) is 3.00. The lowest BCUT2D eigenvalue weighted by Crippen LogP contribution is -2.40. The summed E-state index contributed by atoms with van der Waals surface area (Å²) in [6.45, 7) is 0. The van der Waals surface area contributed by atoms with Crippen molar-refractivity contribution in [1.82, 2.24) is 5.32 Å². The molecular weight excluding hydrogens is 278 g/mol. The maximum Gasteiger partial charge on any atom is 0.326 e. The van der Waals surface area contributed by atoms with E-state index in [1.807, 2.05) is 36.4 Å². The van der Waals surface area contributed by atoms with Gasteiger partial charge < -0.3 is 10.4 Å². The van der Waals surface area contributed by atoms with E-state index in [4.69, 9.17) is 0 Å². The van der Waals surface area contributed by atoms with Gasteiger partial charge >= 0.3 is 5.97 Å². The van der Waals surface area contributed by atoms with Gasteiger partial charge in [0.2, 0.25) is 5.91 Å². The molecule has 0 radical (unpaired) electrons. The fourth-order valence-corrected chi connectivity index (χ4v) is 2.86. The van der Waals surface area contributed by atoms with Crippen LogP contribution in [0.25, 0.3) is 6.08 Å². The fourth-order valence-electron chi connectivity index (χ4n) is 2.86. The van der Waals surface area contributed by atoms with Crippen molar-refractivity contribution >= 4 is 18.0 Å². The number of aliphatic carboxylic acids is 1. The van der Waals surface area contributed by atoms with Crippen LogP contribution in [0, 0.1) is 5.92 Å². The van der Waals surface area contributed by atoms with Gasteiger partial charge in [-0.05, 0) is 30.7 Å². The van der Waals surface area contributed by atoms with Gasteiger partial charge in [0.05, 0.1) is 0 Å². The molecule has 0 aromatic heterocycles. The summed E-state index contributed by atoms with van der Waals surface area (Å²) in [5, 5.41) is 11.9. The van der Waals surface area contributed by atoms with E-state index in [0.29, 0.717) is 18.8 Å². The van der Waals surface area contributed by atoms with Crippen LogP contribution in [0.1, 0.15) is 44.1 Å². The Morgan fingerprint density at radius 1 is 1.23 bits per heavy atom. The second kappa shape index (κ2) is 8.37. The van der Waals surface area contributed by atoms with Crippen molar-refractivity contribution in [3.05, 3.63) is 42.0 Å². The number of carbonyl (C=O) groups excluding carboxylic acids is 1. The predicted octanol–water partition coefficient (Wildman–Crippen LogP) is 3.24. The Morgan fingerprint density at radius 2 is 1.91 bits per heavy atom. The minimum absolute atomic E-state index is 0.146. The summed E-state index contributed by atoms with van der Waals surface area (Å²) in [5.74, 6) is -0.709. The van der Waals surface area contributed by atoms with E-state index < -0.39 is 12.0 Å². The van der Waals surface area contributed by atoms with Gasteiger partial charge in [-0.25, -0.2) is 4.79 Å². The van der Waals surface area contributed by atoms with Crippen LogP contribution in [0.5, 0.6) is 0 Å². The predicted molar refractivity (Wildman–Crippen MR) is 86.2 cm³/mol. The van der Waals surface area contributed by atoms with Gasteiger partial charge in [0.15, 0.2) is 0 Å². The van der Waals surface area contributed by atoms with E-state index in [1.165, 1.54) is 12.8 Å². The van der Waals surface area contributed by atoms with Crippen LogP contribution in [0.4, 0.5) is 0 Å². The lowest BCUT2D eigenvalue weighted by Gasteiger charge is -2.14. The second-order valence-corrected chi connectivity index (χ2v) is 5.86. The monoisotopic (exact) mass is 301 g/mol. The second-order valence-electron chi connectivity index (χ2n) is 5.86. The highest BCUT2D eigenvalue weighted by Crippen LogP contribution is 2.27. The van der Waals surface area contributed by atoms with Gasteiger partial charge in [-0.15, -0.1) is 0 Å². The number of benzene rings is 1. The SMILES string of the molecule is O=C(CC1CCCC1)N[C@@H](C/C=C/c1ccccc1)C(=O)O. The number of hydrogen-bond acceptors (Lipinski definition) is 2. The molecule has 0 unspecified atom stereocenters. The van der Waals surface area contributed by atoms with Gasteiger partial charge in [0.1, 0.15) is 6.04 Å². The molecule has 1 fully saturated rings. The van der Waals surface area contributed by atoms with Gasteiger partial charge in [-0.1, -0.05) is 55.3 Å². The van der Waals surface area contributed by atoms with Gasteiger partial charge in [0, 0.05) is 6.42 Å². The minimum Gasteiger partial charge on any atom is -0.480 e. The summed E-state index contributed by atoms with van der Waals surface area (Å²) < 4.78 is 0. The molecule has 1 amide bonds. The summed E-state index contributed by atoms with van der Waals surface area (Å²) in [4.78, 5) is 23.2. The van der Waals surface area contributed by atoms with Crippen molar-refractivity contribution in [3.63, 3.8) is 0 Å². The molecule has 0 aliphatic heterocycles. The molecule has 4 heteroatoms. The van der Waals surface area contributed by atoms with Crippen molar-refractivity contribution in [2.75, 3.05) is 0 Å². The highest BCUT2D eigenvalue weighted by Gasteiger charge is 2.22. The molecule has 118 valence electrons. The van der Waals surface area contributed by atoms with Crippen molar-refractivity contribution in [3.8, 4) is 0 Å². The van der Waals surface area contributed by atoms with Crippen molar-refractivity contribution < 1.29 is 14.7 Å². The normalized spacial score (nSPS) is 16.7. The maximum atomic E-state index is 11.9. The van der Waals surface area contributed by atoms with Crippen LogP contribution >= 0.6 is 0 Å². The van der Waals surface area contributed by atoms with E-state index in [1.54, 1.807) is 6.08 Å². The van der Waals surface area contributed by atoms with Crippen molar-refractivity contribution in [2.24, 2.45) is 5.92 Å². The first kappa shape index (κ1) is 16.3. The van der Waals surface area contributed by atoms with E-state index >= 15 is 0 Å². The van der Waals surface area contributed by atoms with Crippen LogP contribution in [0.3, 0.4) is 0 Å². The zero-order valence-corrected chi connectivity index (χ0v) is 12.7. The van der Waals surface area contributed by atoms with Crippen LogP contribution in [0.2, 0.25) is 0 Å². The number of hydrogen-bond donors (Lipinski definition) is 2. The topological polar surface area (TPSA) is 66.4 Å². The summed E-state index contributed by atoms with van der Waals surface area (Å²) in [6, 6.07) is 8.83. The molecule has 22 heavy (non-hydrogen) atoms. The average molecular weight is 301 g/mol. The molecule has 1 aromatic rings. The third-order valence-corrected chi connectivity index (χ3v) is 4.06. The Morgan fingerprint density at radius 3 is 2.55 bits per heavy atom. The quantitative estimate of drug-likeness (QED) is 0.812. The van der Waals surface area contributed by atoms with E-state index in [9.17, 15) is 14.7 Å². The van der Waals surface area contributed by atoms with Gasteiger partial charge in [0.25, 0.3) is 0 Å². The molecule has 2 rings (SSSR count). The Balaban J connectivity index is 1.82. The summed E-state index contributed by atoms with van der Waals surface area (Å²) in [5.41, 5.74) is 1.02.